The van der Waals surface area contributed by atoms with Gasteiger partial charge in [-0.15, -0.1) is 0 Å². The quantitative estimate of drug-likeness (QED) is 0.388. The van der Waals surface area contributed by atoms with E-state index in [1.807, 2.05) is 35.0 Å². The molecule has 1 aromatic heterocycles. The number of imidazole rings is 1. The molecule has 0 unspecified atom stereocenters. The normalized spacial score (nSPS) is 10.9. The second-order valence-electron chi connectivity index (χ2n) is 8.68. The van der Waals surface area contributed by atoms with Crippen molar-refractivity contribution in [3.05, 3.63) is 114 Å². The molecular formula is C28H31N5O. The first kappa shape index (κ1) is 23.3. The van der Waals surface area contributed by atoms with Gasteiger partial charge in [0.15, 0.2) is 0 Å². The summed E-state index contributed by atoms with van der Waals surface area (Å²) in [5.74, 6) is 0. The van der Waals surface area contributed by atoms with Crippen LogP contribution in [0.5, 0.6) is 0 Å². The molecule has 0 aliphatic rings. The number of nitrogens with one attached hydrogen (secondary N) is 2. The van der Waals surface area contributed by atoms with Crippen molar-refractivity contribution in [2.75, 3.05) is 14.1 Å². The fourth-order valence-electron chi connectivity index (χ4n) is 3.96. The smallest absolute Gasteiger partial charge is 0.315 e. The maximum atomic E-state index is 12.5. The topological polar surface area (TPSA) is 62.2 Å². The Labute approximate surface area is 201 Å². The molecule has 0 atom stereocenters. The minimum Gasteiger partial charge on any atom is -0.334 e. The van der Waals surface area contributed by atoms with Crippen molar-refractivity contribution in [1.82, 2.24) is 25.1 Å². The number of carbonyl (C=O) groups is 1. The molecule has 0 saturated heterocycles. The molecule has 6 heteroatoms. The summed E-state index contributed by atoms with van der Waals surface area (Å²) in [7, 11) is 4.14. The molecule has 6 nitrogen and oxygen atoms in total. The Bertz CT molecular complexity index is 1200. The predicted octanol–water partition coefficient (Wildman–Crippen LogP) is 4.66. The fourth-order valence-corrected chi connectivity index (χ4v) is 3.96. The number of benzene rings is 3. The lowest BCUT2D eigenvalue weighted by Crippen LogP contribution is -2.34. The van der Waals surface area contributed by atoms with Gasteiger partial charge in [0.1, 0.15) is 0 Å². The van der Waals surface area contributed by atoms with Crippen LogP contribution >= 0.6 is 0 Å². The third-order valence-corrected chi connectivity index (χ3v) is 5.59. The summed E-state index contributed by atoms with van der Waals surface area (Å²) in [6.07, 6.45) is 5.51. The van der Waals surface area contributed by atoms with Gasteiger partial charge in [-0.25, -0.2) is 9.78 Å². The van der Waals surface area contributed by atoms with Crippen LogP contribution in [0.4, 0.5) is 4.79 Å². The summed E-state index contributed by atoms with van der Waals surface area (Å²) in [5.41, 5.74) is 6.87. The highest BCUT2D eigenvalue weighted by atomic mass is 16.2. The molecular weight excluding hydrogens is 422 g/mol. The molecule has 174 valence electrons. The van der Waals surface area contributed by atoms with E-state index in [1.165, 1.54) is 11.1 Å². The van der Waals surface area contributed by atoms with Crippen LogP contribution in [0, 0.1) is 0 Å². The van der Waals surface area contributed by atoms with Crippen LogP contribution in [0.15, 0.2) is 91.5 Å². The van der Waals surface area contributed by atoms with E-state index in [2.05, 4.69) is 83.1 Å². The Morgan fingerprint density at radius 1 is 0.882 bits per heavy atom. The SMILES string of the molecule is CN(C)Cc1ccc(-c2ccccc2CNC(=O)NCc2cccc(Cn3ccnc3)c2)cc1. The Morgan fingerprint density at radius 3 is 2.41 bits per heavy atom. The van der Waals surface area contributed by atoms with E-state index in [-0.39, 0.29) is 6.03 Å². The number of amides is 2. The van der Waals surface area contributed by atoms with Gasteiger partial charge in [-0.1, -0.05) is 72.8 Å². The first-order valence-corrected chi connectivity index (χ1v) is 11.4. The largest absolute Gasteiger partial charge is 0.334 e. The van der Waals surface area contributed by atoms with Crippen molar-refractivity contribution >= 4 is 6.03 Å². The highest BCUT2D eigenvalue weighted by Gasteiger charge is 2.08. The summed E-state index contributed by atoms with van der Waals surface area (Å²) in [4.78, 5) is 18.7. The molecule has 0 aliphatic heterocycles. The Kier molecular flexibility index (Phi) is 7.73. The highest BCUT2D eigenvalue weighted by Crippen LogP contribution is 2.24. The standard InChI is InChI=1S/C28H31N5O/c1-32(2)19-22-10-12-25(13-11-22)27-9-4-3-8-26(27)18-31-28(34)30-17-23-6-5-7-24(16-23)20-33-15-14-29-21-33/h3-16,21H,17-20H2,1-2H3,(H2,30,31,34). The zero-order valence-electron chi connectivity index (χ0n) is 19.7. The Hall–Kier alpha value is -3.90. The monoisotopic (exact) mass is 453 g/mol. The van der Waals surface area contributed by atoms with Crippen molar-refractivity contribution in [3.63, 3.8) is 0 Å². The third kappa shape index (κ3) is 6.56. The summed E-state index contributed by atoms with van der Waals surface area (Å²) >= 11 is 0. The molecule has 0 bridgehead atoms. The number of rotatable bonds is 9. The summed E-state index contributed by atoms with van der Waals surface area (Å²) in [6, 6.07) is 24.8. The number of carbonyl (C=O) groups excluding carboxylic acids is 1. The minimum atomic E-state index is -0.184. The van der Waals surface area contributed by atoms with Crippen molar-refractivity contribution < 1.29 is 4.79 Å². The maximum absolute atomic E-state index is 12.5. The zero-order valence-corrected chi connectivity index (χ0v) is 19.7. The average Bonchev–Trinajstić information content (AvgIpc) is 3.35. The van der Waals surface area contributed by atoms with Crippen molar-refractivity contribution in [2.24, 2.45) is 0 Å². The molecule has 4 aromatic rings. The van der Waals surface area contributed by atoms with Gasteiger partial charge in [-0.2, -0.15) is 0 Å². The maximum Gasteiger partial charge on any atom is 0.315 e. The molecule has 2 amide bonds. The van der Waals surface area contributed by atoms with Crippen LogP contribution in [0.1, 0.15) is 22.3 Å². The average molecular weight is 454 g/mol. The first-order chi connectivity index (χ1) is 16.6. The molecule has 0 aliphatic carbocycles. The second kappa shape index (κ2) is 11.3. The molecule has 0 saturated carbocycles. The van der Waals surface area contributed by atoms with Crippen LogP contribution in [0.3, 0.4) is 0 Å². The molecule has 3 aromatic carbocycles. The van der Waals surface area contributed by atoms with Gasteiger partial charge in [0.05, 0.1) is 6.33 Å². The number of nitrogens with zero attached hydrogens (tertiary/aromatic N) is 3. The van der Waals surface area contributed by atoms with Crippen molar-refractivity contribution in [1.29, 1.82) is 0 Å². The molecule has 0 radical (unpaired) electrons. The second-order valence-corrected chi connectivity index (χ2v) is 8.68. The van der Waals surface area contributed by atoms with E-state index in [0.717, 1.165) is 35.3 Å². The number of urea groups is 1. The summed E-state index contributed by atoms with van der Waals surface area (Å²) in [6.45, 7) is 2.60. The van der Waals surface area contributed by atoms with Crippen molar-refractivity contribution in [3.8, 4) is 11.1 Å². The van der Waals surface area contributed by atoms with Gasteiger partial charge < -0.3 is 20.1 Å². The van der Waals surface area contributed by atoms with E-state index in [4.69, 9.17) is 0 Å². The van der Waals surface area contributed by atoms with E-state index < -0.39 is 0 Å². The van der Waals surface area contributed by atoms with Crippen LogP contribution in [-0.2, 0) is 26.2 Å². The highest BCUT2D eigenvalue weighted by molar-refractivity contribution is 5.75. The first-order valence-electron chi connectivity index (χ1n) is 11.4. The molecule has 34 heavy (non-hydrogen) atoms. The van der Waals surface area contributed by atoms with Gasteiger partial charge in [0, 0.05) is 38.6 Å². The van der Waals surface area contributed by atoms with E-state index in [9.17, 15) is 4.79 Å². The van der Waals surface area contributed by atoms with Crippen LogP contribution in [0.25, 0.3) is 11.1 Å². The van der Waals surface area contributed by atoms with Crippen molar-refractivity contribution in [2.45, 2.75) is 26.2 Å². The van der Waals surface area contributed by atoms with E-state index >= 15 is 0 Å². The van der Waals surface area contributed by atoms with Crippen LogP contribution in [-0.4, -0.2) is 34.6 Å². The third-order valence-electron chi connectivity index (χ3n) is 5.59. The molecule has 0 spiro atoms. The lowest BCUT2D eigenvalue weighted by molar-refractivity contribution is 0.240. The summed E-state index contributed by atoms with van der Waals surface area (Å²) in [5, 5.41) is 5.97. The lowest BCUT2D eigenvalue weighted by Gasteiger charge is -2.13. The number of hydrogen-bond acceptors (Lipinski definition) is 3. The van der Waals surface area contributed by atoms with Gasteiger partial charge in [0.25, 0.3) is 0 Å². The predicted molar refractivity (Wildman–Crippen MR) is 136 cm³/mol. The minimum absolute atomic E-state index is 0.184. The van der Waals surface area contributed by atoms with E-state index in [1.54, 1.807) is 12.5 Å². The molecule has 2 N–H and O–H groups in total. The molecule has 0 fully saturated rings. The summed E-state index contributed by atoms with van der Waals surface area (Å²) < 4.78 is 2.02. The van der Waals surface area contributed by atoms with Crippen LogP contribution < -0.4 is 10.6 Å². The Morgan fingerprint density at radius 2 is 1.65 bits per heavy atom. The van der Waals surface area contributed by atoms with Gasteiger partial charge in [0.2, 0.25) is 0 Å². The lowest BCUT2D eigenvalue weighted by atomic mass is 9.98. The molecule has 1 heterocycles. The Balaban J connectivity index is 1.32. The van der Waals surface area contributed by atoms with Crippen LogP contribution in [0.2, 0.25) is 0 Å². The van der Waals surface area contributed by atoms with Gasteiger partial charge in [-0.3, -0.25) is 0 Å². The number of aromatic nitrogens is 2. The molecule has 4 rings (SSSR count). The van der Waals surface area contributed by atoms with E-state index in [0.29, 0.717) is 13.1 Å². The zero-order chi connectivity index (χ0) is 23.8. The number of hydrogen-bond donors (Lipinski definition) is 2. The van der Waals surface area contributed by atoms with Gasteiger partial charge >= 0.3 is 6.03 Å². The van der Waals surface area contributed by atoms with Gasteiger partial charge in [-0.05, 0) is 47.5 Å². The fraction of sp³-hybridized carbons (Fsp3) is 0.214.